The summed E-state index contributed by atoms with van der Waals surface area (Å²) in [4.78, 5) is 21.1. The molecule has 0 aliphatic rings. The van der Waals surface area contributed by atoms with Gasteiger partial charge >= 0.3 is 6.16 Å². The number of hydrogen-bond donors (Lipinski definition) is 1. The van der Waals surface area contributed by atoms with E-state index in [1.165, 1.54) is 0 Å². The Hall–Kier alpha value is -1.38. The average Bonchev–Trinajstić information content (AvgIpc) is 2.30. The Bertz CT molecular complexity index is 233. The molecule has 0 amide bonds. The number of rotatable bonds is 9. The van der Waals surface area contributed by atoms with Gasteiger partial charge in [-0.2, -0.15) is 0 Å². The second kappa shape index (κ2) is 9.82. The quantitative estimate of drug-likeness (QED) is 0.346. The molecule has 0 bridgehead atoms. The maximum absolute atomic E-state index is 10.9. The molecule has 1 atom stereocenters. The first-order valence-electron chi connectivity index (χ1n) is 4.98. The minimum absolute atomic E-state index is 0.0235. The molecule has 100 valence electrons. The van der Waals surface area contributed by atoms with Crippen molar-refractivity contribution in [3.05, 3.63) is 0 Å². The van der Waals surface area contributed by atoms with Gasteiger partial charge in [0.15, 0.2) is 12.6 Å². The maximum Gasteiger partial charge on any atom is 0.508 e. The molecule has 0 aliphatic heterocycles. The van der Waals surface area contributed by atoms with Crippen molar-refractivity contribution in [2.75, 3.05) is 40.1 Å². The monoisotopic (exact) mass is 251 g/mol. The van der Waals surface area contributed by atoms with Gasteiger partial charge in [0.2, 0.25) is 0 Å². The lowest BCUT2D eigenvalue weighted by Gasteiger charge is -2.10. The average molecular weight is 251 g/mol. The summed E-state index contributed by atoms with van der Waals surface area (Å²) in [6.07, 6.45) is -0.963. The third-order valence-corrected chi connectivity index (χ3v) is 1.62. The van der Waals surface area contributed by atoms with Crippen molar-refractivity contribution in [2.24, 2.45) is 0 Å². The highest BCUT2D eigenvalue weighted by molar-refractivity contribution is 5.70. The number of quaternary nitrogens is 1. The largest absolute Gasteiger partial charge is 0.544 e. The van der Waals surface area contributed by atoms with E-state index in [9.17, 15) is 14.7 Å². The van der Waals surface area contributed by atoms with Crippen molar-refractivity contribution in [1.82, 2.24) is 0 Å². The van der Waals surface area contributed by atoms with Gasteiger partial charge in [-0.15, -0.1) is 0 Å². The number of aliphatic carboxylic acids is 1. The second-order valence-electron chi connectivity index (χ2n) is 3.03. The molecule has 0 saturated carbocycles. The summed E-state index contributed by atoms with van der Waals surface area (Å²) < 4.78 is 18.8. The molecule has 0 spiro atoms. The summed E-state index contributed by atoms with van der Waals surface area (Å²) in [7, 11) is 1.55. The van der Waals surface area contributed by atoms with E-state index in [2.05, 4.69) is 15.2 Å². The van der Waals surface area contributed by atoms with Gasteiger partial charge in [0.1, 0.15) is 12.6 Å². The predicted octanol–water partition coefficient (Wildman–Crippen LogP) is -2.84. The van der Waals surface area contributed by atoms with E-state index in [0.29, 0.717) is 13.2 Å². The van der Waals surface area contributed by atoms with E-state index in [1.807, 2.05) is 0 Å². The molecule has 0 aromatic heterocycles. The van der Waals surface area contributed by atoms with Crippen molar-refractivity contribution >= 4 is 12.1 Å². The molecule has 1 unspecified atom stereocenters. The van der Waals surface area contributed by atoms with Crippen LogP contribution in [0.4, 0.5) is 4.79 Å². The summed E-state index contributed by atoms with van der Waals surface area (Å²) in [5.41, 5.74) is 3.21. The van der Waals surface area contributed by atoms with E-state index in [4.69, 9.17) is 9.47 Å². The van der Waals surface area contributed by atoms with Gasteiger partial charge in [-0.3, -0.25) is 0 Å². The third kappa shape index (κ3) is 9.54. The molecule has 0 radical (unpaired) electrons. The van der Waals surface area contributed by atoms with E-state index in [1.54, 1.807) is 7.11 Å². The molecule has 0 rings (SSSR count). The van der Waals surface area contributed by atoms with Crippen LogP contribution >= 0.6 is 0 Å². The highest BCUT2D eigenvalue weighted by Gasteiger charge is 2.11. The van der Waals surface area contributed by atoms with Crippen molar-refractivity contribution in [1.29, 1.82) is 0 Å². The molecular formula is C9H17NO7. The zero-order valence-corrected chi connectivity index (χ0v) is 9.68. The first kappa shape index (κ1) is 15.6. The lowest BCUT2D eigenvalue weighted by Crippen LogP contribution is -2.70. The molecular weight excluding hydrogens is 234 g/mol. The van der Waals surface area contributed by atoms with Gasteiger partial charge in [0.25, 0.3) is 0 Å². The Morgan fingerprint density at radius 3 is 2.41 bits per heavy atom. The molecule has 8 nitrogen and oxygen atoms in total. The number of hydrogen-bond acceptors (Lipinski definition) is 7. The molecule has 3 N–H and O–H groups in total. The normalized spacial score (nSPS) is 11.9. The van der Waals surface area contributed by atoms with E-state index in [-0.39, 0.29) is 19.8 Å². The summed E-state index contributed by atoms with van der Waals surface area (Å²) in [6.45, 7) is 0.716. The number of carboxylic acids is 1. The molecule has 0 fully saturated rings. The fraction of sp³-hybridized carbons (Fsp3) is 0.778. The van der Waals surface area contributed by atoms with E-state index in [0.717, 1.165) is 0 Å². The Balaban J connectivity index is 3.38. The molecule has 8 heteroatoms. The topological polar surface area (TPSA) is 122 Å². The molecule has 0 saturated heterocycles. The summed E-state index contributed by atoms with van der Waals surface area (Å²) in [6, 6.07) is -1.11. The van der Waals surface area contributed by atoms with Crippen molar-refractivity contribution < 1.29 is 39.4 Å². The maximum atomic E-state index is 10.9. The van der Waals surface area contributed by atoms with Crippen LogP contribution in [-0.2, 0) is 23.7 Å². The Morgan fingerprint density at radius 2 is 1.82 bits per heavy atom. The van der Waals surface area contributed by atoms with Crippen LogP contribution in [0.25, 0.3) is 0 Å². The number of ether oxygens (including phenoxy) is 4. The van der Waals surface area contributed by atoms with Crippen LogP contribution in [0.15, 0.2) is 0 Å². The predicted molar refractivity (Wildman–Crippen MR) is 51.7 cm³/mol. The van der Waals surface area contributed by atoms with Gasteiger partial charge in [-0.1, -0.05) is 0 Å². The van der Waals surface area contributed by atoms with Crippen LogP contribution in [0.1, 0.15) is 0 Å². The van der Waals surface area contributed by atoms with Crippen LogP contribution in [-0.4, -0.2) is 58.3 Å². The highest BCUT2D eigenvalue weighted by Crippen LogP contribution is 1.87. The molecule has 0 aromatic carbocycles. The minimum atomic E-state index is -1.39. The molecule has 0 aliphatic carbocycles. The Kier molecular flexibility index (Phi) is 9.02. The number of carbonyl (C=O) groups excluding carboxylic acids is 2. The molecule has 0 aromatic rings. The molecule has 0 heterocycles. The van der Waals surface area contributed by atoms with Crippen molar-refractivity contribution in [3.63, 3.8) is 0 Å². The van der Waals surface area contributed by atoms with Crippen LogP contribution in [0.2, 0.25) is 0 Å². The van der Waals surface area contributed by atoms with Gasteiger partial charge in [0.05, 0.1) is 19.8 Å². The summed E-state index contributed by atoms with van der Waals surface area (Å²) >= 11 is 0. The van der Waals surface area contributed by atoms with Gasteiger partial charge in [-0.25, -0.2) is 4.79 Å². The van der Waals surface area contributed by atoms with E-state index >= 15 is 0 Å². The third-order valence-electron chi connectivity index (χ3n) is 1.62. The van der Waals surface area contributed by atoms with Crippen molar-refractivity contribution in [3.8, 4) is 0 Å². The lowest BCUT2D eigenvalue weighted by atomic mass is 10.3. The minimum Gasteiger partial charge on any atom is -0.544 e. The second-order valence-corrected chi connectivity index (χ2v) is 3.03. The Morgan fingerprint density at radius 1 is 1.18 bits per heavy atom. The first-order chi connectivity index (χ1) is 8.07. The fourth-order valence-electron chi connectivity index (χ4n) is 0.707. The smallest absolute Gasteiger partial charge is 0.508 e. The highest BCUT2D eigenvalue weighted by atomic mass is 16.7. The van der Waals surface area contributed by atoms with Crippen LogP contribution in [0, 0.1) is 0 Å². The molecule has 17 heavy (non-hydrogen) atoms. The number of methoxy groups -OCH3 is 1. The number of carbonyl (C=O) groups is 2. The van der Waals surface area contributed by atoms with Crippen LogP contribution in [0.3, 0.4) is 0 Å². The number of carboxylic acid groups (broad SMARTS) is 1. The van der Waals surface area contributed by atoms with Gasteiger partial charge in [-0.05, 0) is 0 Å². The lowest BCUT2D eigenvalue weighted by molar-refractivity contribution is -0.441. The van der Waals surface area contributed by atoms with E-state index < -0.39 is 18.2 Å². The van der Waals surface area contributed by atoms with Crippen LogP contribution in [0.5, 0.6) is 0 Å². The standard InChI is InChI=1S/C9H17NO7/c1-14-2-3-15-4-5-16-9(13)17-6-7(10)8(11)12/h7H,2-6,10H2,1H3,(H,11,12). The first-order valence-corrected chi connectivity index (χ1v) is 4.98. The Labute approximate surface area is 98.6 Å². The van der Waals surface area contributed by atoms with Gasteiger partial charge in [0, 0.05) is 7.11 Å². The van der Waals surface area contributed by atoms with Crippen LogP contribution < -0.4 is 10.8 Å². The summed E-state index contributed by atoms with van der Waals surface area (Å²) in [5.74, 6) is -1.39. The summed E-state index contributed by atoms with van der Waals surface area (Å²) in [5, 5.41) is 10.2. The fourth-order valence-corrected chi connectivity index (χ4v) is 0.707. The zero-order valence-electron chi connectivity index (χ0n) is 9.68. The van der Waals surface area contributed by atoms with Gasteiger partial charge < -0.3 is 34.6 Å². The zero-order chi connectivity index (χ0) is 13.1. The van der Waals surface area contributed by atoms with Crippen molar-refractivity contribution in [2.45, 2.75) is 6.04 Å². The SMILES string of the molecule is COCCOCCOC(=O)OCC([NH3+])C(=O)[O-].